The number of benzene rings is 3. The van der Waals surface area contributed by atoms with Crippen LogP contribution in [0.5, 0.6) is 0 Å². The van der Waals surface area contributed by atoms with Crippen LogP contribution >= 0.6 is 7.37 Å². The molecule has 0 saturated heterocycles. The van der Waals surface area contributed by atoms with Crippen molar-refractivity contribution in [2.75, 3.05) is 0 Å². The molecule has 0 saturated carbocycles. The van der Waals surface area contributed by atoms with Crippen molar-refractivity contribution in [1.29, 1.82) is 0 Å². The molecule has 0 N–H and O–H groups in total. The Hall–Kier alpha value is -2.75. The Morgan fingerprint density at radius 1 is 0.846 bits per heavy atom. The topological polar surface area (TPSA) is 69.4 Å². The molecular weight excluding hydrogens is 349 g/mol. The summed E-state index contributed by atoms with van der Waals surface area (Å²) >= 11 is 0. The maximum absolute atomic E-state index is 13.8. The first kappa shape index (κ1) is 18.1. The van der Waals surface area contributed by atoms with Crippen molar-refractivity contribution in [2.45, 2.75) is 13.0 Å². The van der Waals surface area contributed by atoms with Crippen LogP contribution in [0.2, 0.25) is 0 Å². The van der Waals surface area contributed by atoms with Crippen LogP contribution in [0.1, 0.15) is 18.6 Å². The molecule has 132 valence electrons. The van der Waals surface area contributed by atoms with E-state index in [4.69, 9.17) is 4.52 Å². The van der Waals surface area contributed by atoms with Gasteiger partial charge in [-0.1, -0.05) is 36.4 Å². The van der Waals surface area contributed by atoms with E-state index in [2.05, 4.69) is 0 Å². The molecule has 5 nitrogen and oxygen atoms in total. The summed E-state index contributed by atoms with van der Waals surface area (Å²) in [5.41, 5.74) is 0.734. The number of hydrogen-bond acceptors (Lipinski definition) is 4. The van der Waals surface area contributed by atoms with Crippen molar-refractivity contribution >= 4 is 23.7 Å². The van der Waals surface area contributed by atoms with E-state index < -0.39 is 18.4 Å². The molecule has 0 aliphatic heterocycles. The summed E-state index contributed by atoms with van der Waals surface area (Å²) in [7, 11) is -3.31. The third kappa shape index (κ3) is 3.74. The summed E-state index contributed by atoms with van der Waals surface area (Å²) in [6, 6.07) is 24.3. The first-order valence-electron chi connectivity index (χ1n) is 8.15. The monoisotopic (exact) mass is 367 g/mol. The van der Waals surface area contributed by atoms with Gasteiger partial charge >= 0.3 is 0 Å². The van der Waals surface area contributed by atoms with Gasteiger partial charge in [-0.15, -0.1) is 0 Å². The Balaban J connectivity index is 1.96. The highest BCUT2D eigenvalue weighted by Gasteiger charge is 2.31. The average Bonchev–Trinajstić information content (AvgIpc) is 2.69. The molecule has 0 unspecified atom stereocenters. The Morgan fingerprint density at radius 2 is 1.31 bits per heavy atom. The molecule has 0 heterocycles. The minimum atomic E-state index is -3.31. The zero-order chi connectivity index (χ0) is 18.6. The van der Waals surface area contributed by atoms with Gasteiger partial charge in [0.15, 0.2) is 0 Å². The summed E-state index contributed by atoms with van der Waals surface area (Å²) in [6.45, 7) is 1.79. The zero-order valence-electron chi connectivity index (χ0n) is 14.2. The van der Waals surface area contributed by atoms with Crippen LogP contribution in [-0.2, 0) is 9.09 Å². The molecule has 0 amide bonds. The molecule has 3 rings (SSSR count). The fourth-order valence-corrected chi connectivity index (χ4v) is 4.91. The van der Waals surface area contributed by atoms with E-state index in [1.165, 1.54) is 12.1 Å². The zero-order valence-corrected chi connectivity index (χ0v) is 15.1. The minimum Gasteiger partial charge on any atom is -0.314 e. The summed E-state index contributed by atoms with van der Waals surface area (Å²) in [6.07, 6.45) is -0.498. The van der Waals surface area contributed by atoms with E-state index in [0.717, 1.165) is 5.56 Å². The summed E-state index contributed by atoms with van der Waals surface area (Å²) in [4.78, 5) is 10.4. The van der Waals surface area contributed by atoms with E-state index >= 15 is 0 Å². The molecule has 3 aromatic rings. The molecule has 0 aliphatic rings. The predicted octanol–water partition coefficient (Wildman–Crippen LogP) is 4.60. The lowest BCUT2D eigenvalue weighted by Gasteiger charge is -2.24. The summed E-state index contributed by atoms with van der Waals surface area (Å²) in [5.74, 6) is 0. The van der Waals surface area contributed by atoms with E-state index in [9.17, 15) is 14.7 Å². The first-order chi connectivity index (χ1) is 12.5. The van der Waals surface area contributed by atoms with Crippen LogP contribution in [0.15, 0.2) is 84.9 Å². The van der Waals surface area contributed by atoms with Gasteiger partial charge in [0.25, 0.3) is 13.1 Å². The number of rotatable bonds is 6. The van der Waals surface area contributed by atoms with Crippen molar-refractivity contribution in [3.8, 4) is 0 Å². The highest BCUT2D eigenvalue weighted by molar-refractivity contribution is 7.74. The largest absolute Gasteiger partial charge is 0.314 e. The van der Waals surface area contributed by atoms with Crippen molar-refractivity contribution in [3.63, 3.8) is 0 Å². The maximum atomic E-state index is 13.8. The van der Waals surface area contributed by atoms with Gasteiger partial charge in [-0.25, -0.2) is 0 Å². The highest BCUT2D eigenvalue weighted by atomic mass is 31.2. The molecule has 26 heavy (non-hydrogen) atoms. The van der Waals surface area contributed by atoms with E-state index in [1.807, 2.05) is 36.4 Å². The van der Waals surface area contributed by atoms with Crippen LogP contribution in [0.25, 0.3) is 0 Å². The second-order valence-electron chi connectivity index (χ2n) is 5.82. The second-order valence-corrected chi connectivity index (χ2v) is 8.17. The van der Waals surface area contributed by atoms with Crippen molar-refractivity contribution < 1.29 is 14.0 Å². The summed E-state index contributed by atoms with van der Waals surface area (Å²) < 4.78 is 19.9. The van der Waals surface area contributed by atoms with Crippen molar-refractivity contribution in [1.82, 2.24) is 0 Å². The van der Waals surface area contributed by atoms with Gasteiger partial charge in [-0.3, -0.25) is 14.7 Å². The van der Waals surface area contributed by atoms with Gasteiger partial charge in [0.2, 0.25) is 0 Å². The highest BCUT2D eigenvalue weighted by Crippen LogP contribution is 2.48. The molecule has 0 spiro atoms. The normalized spacial score (nSPS) is 12.5. The predicted molar refractivity (Wildman–Crippen MR) is 102 cm³/mol. The van der Waals surface area contributed by atoms with Gasteiger partial charge in [-0.2, -0.15) is 0 Å². The Morgan fingerprint density at radius 3 is 1.73 bits per heavy atom. The van der Waals surface area contributed by atoms with Gasteiger partial charge in [0.1, 0.15) is 0 Å². The van der Waals surface area contributed by atoms with E-state index in [0.29, 0.717) is 10.6 Å². The number of nitro groups is 1. The Bertz CT molecular complexity index is 884. The molecular formula is C20H18NO4P. The Kier molecular flexibility index (Phi) is 5.31. The van der Waals surface area contributed by atoms with Crippen LogP contribution in [0.4, 0.5) is 5.69 Å². The maximum Gasteiger partial charge on any atom is 0.269 e. The molecule has 0 radical (unpaired) electrons. The van der Waals surface area contributed by atoms with Gasteiger partial charge in [-0.05, 0) is 48.9 Å². The quantitative estimate of drug-likeness (QED) is 0.363. The average molecular weight is 367 g/mol. The first-order valence-corrected chi connectivity index (χ1v) is 9.77. The van der Waals surface area contributed by atoms with Gasteiger partial charge in [0, 0.05) is 22.7 Å². The van der Waals surface area contributed by atoms with Crippen molar-refractivity contribution in [2.24, 2.45) is 0 Å². The molecule has 1 atom stereocenters. The van der Waals surface area contributed by atoms with Crippen molar-refractivity contribution in [3.05, 3.63) is 101 Å². The smallest absolute Gasteiger partial charge is 0.269 e. The minimum absolute atomic E-state index is 0.00949. The number of nitrogens with zero attached hydrogens (tertiary/aromatic N) is 1. The lowest BCUT2D eigenvalue weighted by Crippen LogP contribution is -2.19. The summed E-state index contributed by atoms with van der Waals surface area (Å²) in [5, 5.41) is 12.0. The lowest BCUT2D eigenvalue weighted by molar-refractivity contribution is -0.384. The number of nitro benzene ring substituents is 1. The molecule has 0 aliphatic carbocycles. The molecule has 6 heteroatoms. The number of hydrogen-bond donors (Lipinski definition) is 0. The molecule has 0 aromatic heterocycles. The fourth-order valence-electron chi connectivity index (χ4n) is 2.67. The lowest BCUT2D eigenvalue weighted by atomic mass is 10.1. The van der Waals surface area contributed by atoms with E-state index in [1.54, 1.807) is 43.3 Å². The van der Waals surface area contributed by atoms with Crippen LogP contribution in [-0.4, -0.2) is 4.92 Å². The van der Waals surface area contributed by atoms with Gasteiger partial charge < -0.3 is 4.52 Å². The van der Waals surface area contributed by atoms with Crippen LogP contribution < -0.4 is 10.6 Å². The fraction of sp³-hybridized carbons (Fsp3) is 0.100. The van der Waals surface area contributed by atoms with Gasteiger partial charge in [0.05, 0.1) is 11.0 Å². The van der Waals surface area contributed by atoms with E-state index in [-0.39, 0.29) is 5.69 Å². The van der Waals surface area contributed by atoms with Crippen LogP contribution in [0, 0.1) is 10.1 Å². The third-order valence-electron chi connectivity index (χ3n) is 4.07. The molecule has 0 bridgehead atoms. The third-order valence-corrected chi connectivity index (χ3v) is 6.64. The second kappa shape index (κ2) is 7.65. The number of non-ortho nitro benzene ring substituents is 1. The standard InChI is InChI=1S/C20H18NO4P/c1-16(17-12-14-18(15-13-17)21(22)23)25-26(24,19-8-4-2-5-9-19)20-10-6-3-7-11-20/h2-16H,1H3/t16-/m1/s1. The SMILES string of the molecule is C[C@@H](OP(=O)(c1ccccc1)c1ccccc1)c1ccc([N+](=O)[O-])cc1. The van der Waals surface area contributed by atoms with Crippen LogP contribution in [0.3, 0.4) is 0 Å². The molecule has 0 fully saturated rings. The Labute approximate surface area is 151 Å². The molecule has 3 aromatic carbocycles.